The van der Waals surface area contributed by atoms with Crippen LogP contribution in [0, 0.1) is 16.0 Å². The normalized spacial score (nSPS) is 15.8. The second-order valence-electron chi connectivity index (χ2n) is 4.84. The van der Waals surface area contributed by atoms with Gasteiger partial charge in [0.1, 0.15) is 5.75 Å². The Labute approximate surface area is 118 Å². The predicted octanol–water partition coefficient (Wildman–Crippen LogP) is 2.83. The van der Waals surface area contributed by atoms with E-state index in [1.54, 1.807) is 12.1 Å². The van der Waals surface area contributed by atoms with Gasteiger partial charge in [-0.25, -0.2) is 0 Å². The van der Waals surface area contributed by atoms with Crippen molar-refractivity contribution in [2.45, 2.75) is 19.8 Å². The third-order valence-electron chi connectivity index (χ3n) is 3.35. The van der Waals surface area contributed by atoms with Gasteiger partial charge in [-0.05, 0) is 25.7 Å². The zero-order valence-corrected chi connectivity index (χ0v) is 11.6. The molecule has 0 aliphatic carbocycles. The van der Waals surface area contributed by atoms with Crippen LogP contribution >= 0.6 is 0 Å². The molecule has 6 heteroatoms. The van der Waals surface area contributed by atoms with Crippen LogP contribution in [0.2, 0.25) is 0 Å². The van der Waals surface area contributed by atoms with E-state index in [4.69, 9.17) is 9.47 Å². The Kier molecular flexibility index (Phi) is 5.17. The van der Waals surface area contributed by atoms with Crippen LogP contribution in [0.4, 0.5) is 11.4 Å². The molecule has 0 unspecified atom stereocenters. The summed E-state index contributed by atoms with van der Waals surface area (Å²) >= 11 is 0. The molecule has 1 heterocycles. The highest BCUT2D eigenvalue weighted by Crippen LogP contribution is 2.26. The topological polar surface area (TPSA) is 73.6 Å². The van der Waals surface area contributed by atoms with E-state index in [1.165, 1.54) is 6.07 Å². The number of hydrogen-bond donors (Lipinski definition) is 1. The van der Waals surface area contributed by atoms with Crippen molar-refractivity contribution in [2.24, 2.45) is 5.92 Å². The van der Waals surface area contributed by atoms with Gasteiger partial charge in [-0.1, -0.05) is 0 Å². The van der Waals surface area contributed by atoms with Crippen molar-refractivity contribution in [3.8, 4) is 5.75 Å². The van der Waals surface area contributed by atoms with Crippen molar-refractivity contribution in [3.05, 3.63) is 28.3 Å². The smallest absolute Gasteiger partial charge is 0.275 e. The third-order valence-corrected chi connectivity index (χ3v) is 3.35. The molecule has 0 saturated carbocycles. The highest BCUT2D eigenvalue weighted by molar-refractivity contribution is 5.56. The molecule has 0 amide bonds. The largest absolute Gasteiger partial charge is 0.494 e. The van der Waals surface area contributed by atoms with Gasteiger partial charge < -0.3 is 14.8 Å². The van der Waals surface area contributed by atoms with E-state index in [2.05, 4.69) is 5.32 Å². The lowest BCUT2D eigenvalue weighted by Gasteiger charge is -2.22. The highest BCUT2D eigenvalue weighted by Gasteiger charge is 2.15. The van der Waals surface area contributed by atoms with Gasteiger partial charge in [-0.3, -0.25) is 10.1 Å². The number of ether oxygens (including phenoxy) is 2. The molecule has 0 atom stereocenters. The Morgan fingerprint density at radius 2 is 2.15 bits per heavy atom. The van der Waals surface area contributed by atoms with Crippen molar-refractivity contribution in [2.75, 3.05) is 31.7 Å². The minimum absolute atomic E-state index is 0.0467. The minimum Gasteiger partial charge on any atom is -0.494 e. The second kappa shape index (κ2) is 7.09. The first-order valence-corrected chi connectivity index (χ1v) is 6.93. The molecule has 1 aromatic carbocycles. The Hall–Kier alpha value is -1.82. The summed E-state index contributed by atoms with van der Waals surface area (Å²) in [5, 5.41) is 14.2. The molecule has 0 aromatic heterocycles. The van der Waals surface area contributed by atoms with Crippen molar-refractivity contribution >= 4 is 11.4 Å². The maximum absolute atomic E-state index is 10.9. The Morgan fingerprint density at radius 3 is 2.80 bits per heavy atom. The molecule has 6 nitrogen and oxygen atoms in total. The molecule has 20 heavy (non-hydrogen) atoms. The van der Waals surface area contributed by atoms with Crippen molar-refractivity contribution in [3.63, 3.8) is 0 Å². The summed E-state index contributed by atoms with van der Waals surface area (Å²) in [5.41, 5.74) is 0.777. The molecule has 1 aromatic rings. The summed E-state index contributed by atoms with van der Waals surface area (Å²) < 4.78 is 10.7. The molecule has 1 fully saturated rings. The van der Waals surface area contributed by atoms with Gasteiger partial charge >= 0.3 is 0 Å². The van der Waals surface area contributed by atoms with Gasteiger partial charge in [0.2, 0.25) is 0 Å². The average Bonchev–Trinajstić information content (AvgIpc) is 2.46. The number of hydrogen-bond acceptors (Lipinski definition) is 5. The van der Waals surface area contributed by atoms with E-state index in [-0.39, 0.29) is 5.69 Å². The number of nitro groups is 1. The van der Waals surface area contributed by atoms with E-state index in [0.29, 0.717) is 18.3 Å². The summed E-state index contributed by atoms with van der Waals surface area (Å²) in [6, 6.07) is 4.79. The summed E-state index contributed by atoms with van der Waals surface area (Å²) in [7, 11) is 0. The first-order valence-electron chi connectivity index (χ1n) is 6.93. The van der Waals surface area contributed by atoms with Crippen LogP contribution in [0.5, 0.6) is 5.75 Å². The van der Waals surface area contributed by atoms with Crippen molar-refractivity contribution in [1.82, 2.24) is 0 Å². The molecule has 1 aliphatic rings. The molecule has 0 bridgehead atoms. The maximum Gasteiger partial charge on any atom is 0.275 e. The standard InChI is InChI=1S/C14H20N2O4/c1-2-20-14-8-12(7-13(9-14)16(17)18)15-10-11-3-5-19-6-4-11/h7-9,11,15H,2-6,10H2,1H3. The lowest BCUT2D eigenvalue weighted by molar-refractivity contribution is -0.384. The summed E-state index contributed by atoms with van der Waals surface area (Å²) in [6.45, 7) is 4.74. The summed E-state index contributed by atoms with van der Waals surface area (Å²) in [5.74, 6) is 1.08. The Morgan fingerprint density at radius 1 is 1.40 bits per heavy atom. The zero-order valence-electron chi connectivity index (χ0n) is 11.6. The lowest BCUT2D eigenvalue weighted by atomic mass is 10.0. The molecule has 1 saturated heterocycles. The fourth-order valence-electron chi connectivity index (χ4n) is 2.25. The highest BCUT2D eigenvalue weighted by atomic mass is 16.6. The lowest BCUT2D eigenvalue weighted by Crippen LogP contribution is -2.22. The fourth-order valence-corrected chi connectivity index (χ4v) is 2.25. The molecule has 0 radical (unpaired) electrons. The van der Waals surface area contributed by atoms with E-state index < -0.39 is 4.92 Å². The number of nitro benzene ring substituents is 1. The number of non-ortho nitro benzene ring substituents is 1. The SMILES string of the molecule is CCOc1cc(NCC2CCOCC2)cc([N+](=O)[O-])c1. The molecule has 1 N–H and O–H groups in total. The Bertz CT molecular complexity index is 458. The van der Waals surface area contributed by atoms with Crippen LogP contribution in [0.15, 0.2) is 18.2 Å². The molecule has 2 rings (SSSR count). The molecular weight excluding hydrogens is 260 g/mol. The van der Waals surface area contributed by atoms with Crippen LogP contribution in [0.3, 0.4) is 0 Å². The first-order chi connectivity index (χ1) is 9.69. The quantitative estimate of drug-likeness (QED) is 0.640. The van der Waals surface area contributed by atoms with Gasteiger partial charge in [0.25, 0.3) is 5.69 Å². The minimum atomic E-state index is -0.401. The van der Waals surface area contributed by atoms with Crippen LogP contribution in [-0.4, -0.2) is 31.3 Å². The fraction of sp³-hybridized carbons (Fsp3) is 0.571. The van der Waals surface area contributed by atoms with Crippen LogP contribution < -0.4 is 10.1 Å². The second-order valence-corrected chi connectivity index (χ2v) is 4.84. The van der Waals surface area contributed by atoms with E-state index in [1.807, 2.05) is 6.92 Å². The predicted molar refractivity (Wildman–Crippen MR) is 76.3 cm³/mol. The Balaban J connectivity index is 2.03. The molecule has 0 spiro atoms. The molecular formula is C14H20N2O4. The van der Waals surface area contributed by atoms with Crippen molar-refractivity contribution < 1.29 is 14.4 Å². The number of nitrogens with one attached hydrogen (secondary N) is 1. The number of benzene rings is 1. The summed E-state index contributed by atoms with van der Waals surface area (Å²) in [6.07, 6.45) is 2.06. The van der Waals surface area contributed by atoms with Gasteiger partial charge in [0.15, 0.2) is 0 Å². The van der Waals surface area contributed by atoms with E-state index >= 15 is 0 Å². The third kappa shape index (κ3) is 4.09. The van der Waals surface area contributed by atoms with Gasteiger partial charge in [0.05, 0.1) is 17.6 Å². The summed E-state index contributed by atoms with van der Waals surface area (Å²) in [4.78, 5) is 10.5. The monoisotopic (exact) mass is 280 g/mol. The zero-order chi connectivity index (χ0) is 14.4. The van der Waals surface area contributed by atoms with Crippen LogP contribution in [0.1, 0.15) is 19.8 Å². The van der Waals surface area contributed by atoms with Gasteiger partial charge in [-0.15, -0.1) is 0 Å². The number of rotatable bonds is 6. The van der Waals surface area contributed by atoms with E-state index in [9.17, 15) is 10.1 Å². The molecule has 110 valence electrons. The maximum atomic E-state index is 10.9. The average molecular weight is 280 g/mol. The van der Waals surface area contributed by atoms with E-state index in [0.717, 1.165) is 38.3 Å². The number of anilines is 1. The number of nitrogens with zero attached hydrogens (tertiary/aromatic N) is 1. The van der Waals surface area contributed by atoms with Crippen molar-refractivity contribution in [1.29, 1.82) is 0 Å². The first kappa shape index (κ1) is 14.6. The van der Waals surface area contributed by atoms with Gasteiger partial charge in [0, 0.05) is 37.6 Å². The van der Waals surface area contributed by atoms with Gasteiger partial charge in [-0.2, -0.15) is 0 Å². The van der Waals surface area contributed by atoms with Crippen LogP contribution in [0.25, 0.3) is 0 Å². The molecule has 1 aliphatic heterocycles. The van der Waals surface area contributed by atoms with Crippen LogP contribution in [-0.2, 0) is 4.74 Å².